The largest absolute Gasteiger partial charge is 0.309 e. The summed E-state index contributed by atoms with van der Waals surface area (Å²) in [5.74, 6) is 0.134. The molecule has 0 aromatic heterocycles. The maximum absolute atomic E-state index is 12.6. The van der Waals surface area contributed by atoms with Crippen molar-refractivity contribution < 1.29 is 8.42 Å². The van der Waals surface area contributed by atoms with Crippen LogP contribution in [0.2, 0.25) is 0 Å². The molecule has 4 heteroatoms. The predicted molar refractivity (Wildman–Crippen MR) is 90.6 cm³/mol. The first kappa shape index (κ1) is 18.2. The Bertz CT molecular complexity index is 575. The molecule has 1 N–H and O–H groups in total. The molecule has 0 heterocycles. The van der Waals surface area contributed by atoms with E-state index >= 15 is 0 Å². The van der Waals surface area contributed by atoms with Crippen LogP contribution in [-0.2, 0) is 9.84 Å². The van der Waals surface area contributed by atoms with Gasteiger partial charge < -0.3 is 5.32 Å². The van der Waals surface area contributed by atoms with Crippen LogP contribution in [0.5, 0.6) is 0 Å². The van der Waals surface area contributed by atoms with E-state index in [2.05, 4.69) is 38.2 Å². The third-order valence-corrected chi connectivity index (χ3v) is 6.49. The summed E-state index contributed by atoms with van der Waals surface area (Å²) in [4.78, 5) is 0. The Labute approximate surface area is 130 Å². The standard InChI is InChI=1S/C17H29NO2S/c1-8-18-15(11-21(19,20)17(5,6)7)16-13(3)9-12(2)10-14(16)4/h9-10,15,18H,8,11H2,1-7H3. The highest BCUT2D eigenvalue weighted by Gasteiger charge is 2.32. The maximum Gasteiger partial charge on any atom is 0.157 e. The minimum atomic E-state index is -3.17. The van der Waals surface area contributed by atoms with Crippen molar-refractivity contribution in [1.82, 2.24) is 5.32 Å². The van der Waals surface area contributed by atoms with Crippen molar-refractivity contribution >= 4 is 9.84 Å². The smallest absolute Gasteiger partial charge is 0.157 e. The quantitative estimate of drug-likeness (QED) is 0.905. The Hall–Kier alpha value is -0.870. The average molecular weight is 311 g/mol. The summed E-state index contributed by atoms with van der Waals surface area (Å²) in [6, 6.07) is 4.09. The molecule has 0 aliphatic heterocycles. The van der Waals surface area contributed by atoms with Gasteiger partial charge in [-0.3, -0.25) is 0 Å². The second-order valence-corrected chi connectivity index (χ2v) is 9.60. The molecule has 1 unspecified atom stereocenters. The maximum atomic E-state index is 12.6. The van der Waals surface area contributed by atoms with Gasteiger partial charge in [-0.2, -0.15) is 0 Å². The normalized spacial score (nSPS) is 14.2. The van der Waals surface area contributed by atoms with Crippen LogP contribution < -0.4 is 5.32 Å². The van der Waals surface area contributed by atoms with Crippen molar-refractivity contribution in [3.8, 4) is 0 Å². The van der Waals surface area contributed by atoms with Gasteiger partial charge >= 0.3 is 0 Å². The van der Waals surface area contributed by atoms with Crippen molar-refractivity contribution in [2.24, 2.45) is 0 Å². The highest BCUT2D eigenvalue weighted by atomic mass is 32.2. The lowest BCUT2D eigenvalue weighted by Crippen LogP contribution is -2.37. The molecule has 0 aliphatic carbocycles. The van der Waals surface area contributed by atoms with Crippen molar-refractivity contribution in [2.75, 3.05) is 12.3 Å². The second-order valence-electron chi connectivity index (χ2n) is 6.82. The molecule has 0 saturated heterocycles. The Morgan fingerprint density at radius 3 is 1.95 bits per heavy atom. The average Bonchev–Trinajstić information content (AvgIpc) is 2.25. The van der Waals surface area contributed by atoms with E-state index in [0.717, 1.165) is 23.2 Å². The number of aryl methyl sites for hydroxylation is 3. The zero-order valence-electron chi connectivity index (χ0n) is 14.4. The number of nitrogens with one attached hydrogen (secondary N) is 1. The highest BCUT2D eigenvalue weighted by Crippen LogP contribution is 2.28. The van der Waals surface area contributed by atoms with Gasteiger partial charge in [-0.05, 0) is 64.8 Å². The molecule has 3 nitrogen and oxygen atoms in total. The summed E-state index contributed by atoms with van der Waals surface area (Å²) in [6.45, 7) is 14.2. The van der Waals surface area contributed by atoms with Gasteiger partial charge in [0.2, 0.25) is 0 Å². The molecule has 0 radical (unpaired) electrons. The molecular weight excluding hydrogens is 282 g/mol. The summed E-state index contributed by atoms with van der Waals surface area (Å²) in [5, 5.41) is 3.35. The van der Waals surface area contributed by atoms with Crippen LogP contribution in [0.1, 0.15) is 56.0 Å². The van der Waals surface area contributed by atoms with Gasteiger partial charge in [-0.25, -0.2) is 8.42 Å². The van der Waals surface area contributed by atoms with E-state index in [1.807, 2.05) is 6.92 Å². The van der Waals surface area contributed by atoms with E-state index in [1.165, 1.54) is 5.56 Å². The third kappa shape index (κ3) is 4.30. The fourth-order valence-electron chi connectivity index (χ4n) is 2.70. The highest BCUT2D eigenvalue weighted by molar-refractivity contribution is 7.92. The van der Waals surface area contributed by atoms with Gasteiger partial charge in [0.25, 0.3) is 0 Å². The predicted octanol–water partition coefficient (Wildman–Crippen LogP) is 3.48. The van der Waals surface area contributed by atoms with Crippen LogP contribution in [0, 0.1) is 20.8 Å². The summed E-state index contributed by atoms with van der Waals surface area (Å²) < 4.78 is 24.4. The molecule has 1 aromatic rings. The number of hydrogen-bond acceptors (Lipinski definition) is 3. The zero-order valence-corrected chi connectivity index (χ0v) is 15.2. The lowest BCUT2D eigenvalue weighted by Gasteiger charge is -2.27. The Morgan fingerprint density at radius 2 is 1.57 bits per heavy atom. The van der Waals surface area contributed by atoms with Gasteiger partial charge in [0, 0.05) is 6.04 Å². The molecule has 120 valence electrons. The van der Waals surface area contributed by atoms with E-state index in [1.54, 1.807) is 20.8 Å². The molecule has 1 aromatic carbocycles. The topological polar surface area (TPSA) is 46.2 Å². The molecule has 0 amide bonds. The van der Waals surface area contributed by atoms with Crippen LogP contribution in [0.15, 0.2) is 12.1 Å². The first-order valence-corrected chi connectivity index (χ1v) is 9.18. The third-order valence-electron chi connectivity index (χ3n) is 3.86. The van der Waals surface area contributed by atoms with Crippen LogP contribution in [0.25, 0.3) is 0 Å². The van der Waals surface area contributed by atoms with Crippen LogP contribution in [0.4, 0.5) is 0 Å². The molecule has 1 atom stereocenters. The Kier molecular flexibility index (Phi) is 5.62. The SMILES string of the molecule is CCNC(CS(=O)(=O)C(C)(C)C)c1c(C)cc(C)cc1C. The molecular formula is C17H29NO2S. The Balaban J connectivity index is 3.27. The van der Waals surface area contributed by atoms with Crippen molar-refractivity contribution in [3.05, 3.63) is 34.4 Å². The van der Waals surface area contributed by atoms with E-state index in [4.69, 9.17) is 0 Å². The van der Waals surface area contributed by atoms with E-state index < -0.39 is 14.6 Å². The summed E-state index contributed by atoms with van der Waals surface area (Å²) in [6.07, 6.45) is 0. The molecule has 0 spiro atoms. The van der Waals surface area contributed by atoms with Gasteiger partial charge in [0.15, 0.2) is 9.84 Å². The van der Waals surface area contributed by atoms with Crippen molar-refractivity contribution in [3.63, 3.8) is 0 Å². The van der Waals surface area contributed by atoms with E-state index in [-0.39, 0.29) is 11.8 Å². The summed E-state index contributed by atoms with van der Waals surface area (Å²) in [7, 11) is -3.17. The molecule has 0 bridgehead atoms. The van der Waals surface area contributed by atoms with Crippen LogP contribution in [-0.4, -0.2) is 25.5 Å². The molecule has 0 saturated carbocycles. The summed E-state index contributed by atoms with van der Waals surface area (Å²) in [5.41, 5.74) is 4.64. The van der Waals surface area contributed by atoms with Gasteiger partial charge in [0.05, 0.1) is 10.5 Å². The fourth-order valence-corrected chi connectivity index (χ4v) is 3.92. The first-order valence-electron chi connectivity index (χ1n) is 7.53. The van der Waals surface area contributed by atoms with E-state index in [9.17, 15) is 8.42 Å². The molecule has 21 heavy (non-hydrogen) atoms. The number of hydrogen-bond donors (Lipinski definition) is 1. The lowest BCUT2D eigenvalue weighted by atomic mass is 9.95. The van der Waals surface area contributed by atoms with Gasteiger partial charge in [-0.15, -0.1) is 0 Å². The molecule has 0 aliphatic rings. The van der Waals surface area contributed by atoms with Crippen molar-refractivity contribution in [1.29, 1.82) is 0 Å². The number of rotatable bonds is 5. The first-order chi connectivity index (χ1) is 9.49. The zero-order chi connectivity index (χ0) is 16.4. The monoisotopic (exact) mass is 311 g/mol. The minimum absolute atomic E-state index is 0.134. The summed E-state index contributed by atoms with van der Waals surface area (Å²) >= 11 is 0. The van der Waals surface area contributed by atoms with Gasteiger partial charge in [0.1, 0.15) is 0 Å². The van der Waals surface area contributed by atoms with Crippen molar-refractivity contribution in [2.45, 2.75) is 59.3 Å². The van der Waals surface area contributed by atoms with E-state index in [0.29, 0.717) is 0 Å². The van der Waals surface area contributed by atoms with Gasteiger partial charge in [-0.1, -0.05) is 24.6 Å². The number of sulfone groups is 1. The van der Waals surface area contributed by atoms with Crippen LogP contribution in [0.3, 0.4) is 0 Å². The minimum Gasteiger partial charge on any atom is -0.309 e. The molecule has 0 fully saturated rings. The number of benzene rings is 1. The lowest BCUT2D eigenvalue weighted by molar-refractivity contribution is 0.532. The fraction of sp³-hybridized carbons (Fsp3) is 0.647. The molecule has 1 rings (SSSR count). The Morgan fingerprint density at radius 1 is 1.10 bits per heavy atom. The second kappa shape index (κ2) is 6.49. The van der Waals surface area contributed by atoms with Crippen LogP contribution >= 0.6 is 0 Å².